The van der Waals surface area contributed by atoms with E-state index in [1.54, 1.807) is 0 Å². The fourth-order valence-electron chi connectivity index (χ4n) is 4.22. The Bertz CT molecular complexity index is 646. The smallest absolute Gasteiger partial charge is 0.421 e. The molecule has 1 heterocycles. The quantitative estimate of drug-likeness (QED) is 0.916. The molecule has 126 valence electrons. The maximum absolute atomic E-state index is 12.6. The van der Waals surface area contributed by atoms with Crippen LogP contribution in [0.2, 0.25) is 0 Å². The van der Waals surface area contributed by atoms with E-state index in [2.05, 4.69) is 20.3 Å². The number of carbonyl (C=O) groups is 1. The van der Waals surface area contributed by atoms with E-state index in [1.807, 2.05) is 0 Å². The lowest BCUT2D eigenvalue weighted by molar-refractivity contribution is -0.387. The molecule has 2 bridgehead atoms. The minimum atomic E-state index is -4.74. The molecule has 0 aromatic carbocycles. The summed E-state index contributed by atoms with van der Waals surface area (Å²) in [5, 5.41) is 10.7. The molecule has 1 aromatic heterocycles. The van der Waals surface area contributed by atoms with Crippen molar-refractivity contribution in [2.75, 3.05) is 0 Å². The van der Waals surface area contributed by atoms with Crippen molar-refractivity contribution in [2.24, 2.45) is 0 Å². The van der Waals surface area contributed by atoms with Gasteiger partial charge in [-0.25, -0.2) is 0 Å². The summed E-state index contributed by atoms with van der Waals surface area (Å²) in [6.45, 7) is 1.46. The van der Waals surface area contributed by atoms with E-state index in [0.29, 0.717) is 31.6 Å². The first-order valence-corrected chi connectivity index (χ1v) is 7.56. The van der Waals surface area contributed by atoms with Gasteiger partial charge in [-0.05, 0) is 38.5 Å². The van der Waals surface area contributed by atoms with Crippen LogP contribution in [0.5, 0.6) is 0 Å². The number of nitrogens with zero attached hydrogens (tertiary/aromatic N) is 2. The molecule has 4 aliphatic rings. The van der Waals surface area contributed by atoms with Gasteiger partial charge in [0.25, 0.3) is 0 Å². The number of hydrogen-bond donors (Lipinski definition) is 1. The highest BCUT2D eigenvalue weighted by Gasteiger charge is 2.72. The average molecular weight is 331 g/mol. The van der Waals surface area contributed by atoms with Crippen LogP contribution < -0.4 is 5.32 Å². The number of aromatic nitrogens is 2. The topological polar surface area (TPSA) is 77.2 Å². The van der Waals surface area contributed by atoms with Crippen LogP contribution in [0.1, 0.15) is 57.2 Å². The molecule has 0 spiro atoms. The summed E-state index contributed by atoms with van der Waals surface area (Å²) < 4.78 is 47.6. The molecule has 23 heavy (non-hydrogen) atoms. The highest BCUT2D eigenvalue weighted by atomic mass is 19.4. The van der Waals surface area contributed by atoms with Gasteiger partial charge < -0.3 is 9.73 Å². The molecular weight excluding hydrogens is 315 g/mol. The second kappa shape index (κ2) is 4.25. The van der Waals surface area contributed by atoms with Crippen LogP contribution in [-0.4, -0.2) is 28.0 Å². The summed E-state index contributed by atoms with van der Waals surface area (Å²) in [6.07, 6.45) is -1.60. The third-order valence-corrected chi connectivity index (χ3v) is 5.21. The summed E-state index contributed by atoms with van der Waals surface area (Å²) in [5.41, 5.74) is -2.02. The molecule has 6 nitrogen and oxygen atoms in total. The normalized spacial score (nSPS) is 34.1. The first kappa shape index (κ1) is 14.9. The fourth-order valence-corrected chi connectivity index (χ4v) is 4.22. The van der Waals surface area contributed by atoms with Crippen molar-refractivity contribution >= 4 is 5.91 Å². The fraction of sp³-hybridized carbons (Fsp3) is 0.786. The monoisotopic (exact) mass is 331 g/mol. The molecule has 0 atom stereocenters. The van der Waals surface area contributed by atoms with Crippen LogP contribution in [0.25, 0.3) is 0 Å². The Morgan fingerprint density at radius 3 is 2.30 bits per heavy atom. The van der Waals surface area contributed by atoms with E-state index in [0.717, 1.165) is 0 Å². The van der Waals surface area contributed by atoms with Gasteiger partial charge in [-0.15, -0.1) is 23.4 Å². The molecule has 5 rings (SSSR count). The molecule has 4 aliphatic carbocycles. The van der Waals surface area contributed by atoms with Gasteiger partial charge >= 0.3 is 6.36 Å². The number of alkyl halides is 3. The van der Waals surface area contributed by atoms with Crippen LogP contribution in [0.4, 0.5) is 13.2 Å². The lowest BCUT2D eigenvalue weighted by Crippen LogP contribution is -2.76. The molecule has 4 fully saturated rings. The number of rotatable bonds is 4. The first-order chi connectivity index (χ1) is 10.7. The standard InChI is InChI=1S/C14H16F3N3O3/c1-8(21)18-12-5-11(6-12,7-12)9-19-20-10(22-9)13(3-2-4-13)23-14(15,16)17/h2-7H2,1H3,(H,18,21). The summed E-state index contributed by atoms with van der Waals surface area (Å²) >= 11 is 0. The Morgan fingerprint density at radius 2 is 1.83 bits per heavy atom. The van der Waals surface area contributed by atoms with Gasteiger partial charge in [0.2, 0.25) is 17.7 Å². The van der Waals surface area contributed by atoms with Gasteiger partial charge in [0, 0.05) is 12.5 Å². The molecule has 0 aliphatic heterocycles. The maximum atomic E-state index is 12.6. The number of carbonyl (C=O) groups excluding carboxylic acids is 1. The van der Waals surface area contributed by atoms with Crippen LogP contribution in [0, 0.1) is 0 Å². The Hall–Kier alpha value is -1.64. The molecular formula is C14H16F3N3O3. The van der Waals surface area contributed by atoms with Crippen molar-refractivity contribution in [3.8, 4) is 0 Å². The Morgan fingerprint density at radius 1 is 1.22 bits per heavy atom. The molecule has 1 N–H and O–H groups in total. The minimum Gasteiger partial charge on any atom is -0.421 e. The number of halogens is 3. The van der Waals surface area contributed by atoms with Gasteiger partial charge in [0.05, 0.1) is 5.41 Å². The SMILES string of the molecule is CC(=O)NC12CC(c3nnc(C4(OC(F)(F)F)CCC4)o3)(C1)C2. The summed E-state index contributed by atoms with van der Waals surface area (Å²) in [4.78, 5) is 11.1. The number of nitrogens with one attached hydrogen (secondary N) is 1. The average Bonchev–Trinajstić information content (AvgIpc) is 2.74. The van der Waals surface area contributed by atoms with Crippen LogP contribution in [0.15, 0.2) is 4.42 Å². The van der Waals surface area contributed by atoms with E-state index < -0.39 is 12.0 Å². The predicted molar refractivity (Wildman–Crippen MR) is 69.0 cm³/mol. The van der Waals surface area contributed by atoms with Gasteiger partial charge in [0.15, 0.2) is 5.60 Å². The van der Waals surface area contributed by atoms with Gasteiger partial charge in [-0.1, -0.05) is 0 Å². The second-order valence-electron chi connectivity index (χ2n) is 7.08. The van der Waals surface area contributed by atoms with E-state index >= 15 is 0 Å². The predicted octanol–water partition coefficient (Wildman–Crippen LogP) is 2.30. The Kier molecular flexibility index (Phi) is 2.76. The van der Waals surface area contributed by atoms with E-state index in [9.17, 15) is 18.0 Å². The third kappa shape index (κ3) is 2.16. The van der Waals surface area contributed by atoms with Crippen molar-refractivity contribution < 1.29 is 27.1 Å². The third-order valence-electron chi connectivity index (χ3n) is 5.21. The van der Waals surface area contributed by atoms with E-state index in [4.69, 9.17) is 4.42 Å². The van der Waals surface area contributed by atoms with E-state index in [-0.39, 0.29) is 35.6 Å². The van der Waals surface area contributed by atoms with E-state index in [1.165, 1.54) is 6.92 Å². The molecule has 0 radical (unpaired) electrons. The lowest BCUT2D eigenvalue weighted by atomic mass is 9.39. The van der Waals surface area contributed by atoms with Gasteiger partial charge in [-0.2, -0.15) is 0 Å². The number of amides is 1. The second-order valence-corrected chi connectivity index (χ2v) is 7.08. The van der Waals surface area contributed by atoms with Crippen molar-refractivity contribution in [3.63, 3.8) is 0 Å². The highest BCUT2D eigenvalue weighted by Crippen LogP contribution is 2.67. The van der Waals surface area contributed by atoms with Gasteiger partial charge in [-0.3, -0.25) is 9.53 Å². The Labute approximate surface area is 129 Å². The maximum Gasteiger partial charge on any atom is 0.523 e. The Balaban J connectivity index is 1.50. The van der Waals surface area contributed by atoms with Crippen LogP contribution in [-0.2, 0) is 20.5 Å². The molecule has 0 saturated heterocycles. The molecule has 1 aromatic rings. The highest BCUT2D eigenvalue weighted by molar-refractivity contribution is 5.75. The molecule has 9 heteroatoms. The summed E-state index contributed by atoms with van der Waals surface area (Å²) in [6, 6.07) is 0. The molecule has 1 amide bonds. The summed E-state index contributed by atoms with van der Waals surface area (Å²) in [5.74, 6) is 0.183. The molecule has 0 unspecified atom stereocenters. The zero-order valence-electron chi connectivity index (χ0n) is 12.5. The minimum absolute atomic E-state index is 0.0866. The van der Waals surface area contributed by atoms with Crippen molar-refractivity contribution in [1.29, 1.82) is 0 Å². The van der Waals surface area contributed by atoms with Crippen molar-refractivity contribution in [3.05, 3.63) is 11.8 Å². The molecule has 4 saturated carbocycles. The largest absolute Gasteiger partial charge is 0.523 e. The van der Waals surface area contributed by atoms with Crippen molar-refractivity contribution in [2.45, 2.75) is 68.4 Å². The zero-order valence-corrected chi connectivity index (χ0v) is 12.5. The van der Waals surface area contributed by atoms with Gasteiger partial charge in [0.1, 0.15) is 0 Å². The number of hydrogen-bond acceptors (Lipinski definition) is 5. The van der Waals surface area contributed by atoms with Crippen LogP contribution in [0.3, 0.4) is 0 Å². The van der Waals surface area contributed by atoms with Crippen LogP contribution >= 0.6 is 0 Å². The lowest BCUT2D eigenvalue weighted by Gasteiger charge is -2.68. The summed E-state index contributed by atoms with van der Waals surface area (Å²) in [7, 11) is 0. The zero-order chi connectivity index (χ0) is 16.5. The first-order valence-electron chi connectivity index (χ1n) is 7.56. The van der Waals surface area contributed by atoms with Crippen molar-refractivity contribution in [1.82, 2.24) is 15.5 Å². The number of ether oxygens (including phenoxy) is 1.